The van der Waals surface area contributed by atoms with E-state index >= 15 is 0 Å². The van der Waals surface area contributed by atoms with Gasteiger partial charge in [-0.2, -0.15) is 5.06 Å². The van der Waals surface area contributed by atoms with Crippen molar-refractivity contribution < 1.29 is 10.0 Å². The van der Waals surface area contributed by atoms with Crippen molar-refractivity contribution in [3.8, 4) is 0 Å². The normalized spacial score (nSPS) is 18.0. The maximum atomic E-state index is 13.1. The number of piperidine rings is 1. The standard InChI is InChI=1S/C31H39N2O2P/c1-30(2)23-25(24-31(3,4)33(30)35)32-29(34)21-14-22-36(26-15-8-5-9-16-26,27-17-10-6-11-18-27)28-19-12-7-13-20-28/h5-13,15-20,25,35H,14,21-24H2,1-4H3/p+1. The van der Waals surface area contributed by atoms with Gasteiger partial charge in [-0.15, -0.1) is 0 Å². The summed E-state index contributed by atoms with van der Waals surface area (Å²) in [4.78, 5) is 13.1. The van der Waals surface area contributed by atoms with Gasteiger partial charge >= 0.3 is 0 Å². The van der Waals surface area contributed by atoms with Gasteiger partial charge in [-0.25, -0.2) is 0 Å². The first kappa shape index (κ1) is 26.5. The number of nitrogens with zero attached hydrogens (tertiary/aromatic N) is 1. The van der Waals surface area contributed by atoms with Gasteiger partial charge in [0.05, 0.1) is 6.16 Å². The number of amides is 1. The molecule has 3 aromatic carbocycles. The number of hydroxylamine groups is 2. The van der Waals surface area contributed by atoms with E-state index in [1.54, 1.807) is 0 Å². The van der Waals surface area contributed by atoms with E-state index in [9.17, 15) is 10.0 Å². The molecule has 36 heavy (non-hydrogen) atoms. The van der Waals surface area contributed by atoms with E-state index in [2.05, 4.69) is 96.3 Å². The molecule has 4 rings (SSSR count). The van der Waals surface area contributed by atoms with Crippen LogP contribution in [0.4, 0.5) is 0 Å². The molecule has 0 atom stereocenters. The summed E-state index contributed by atoms with van der Waals surface area (Å²) < 4.78 is 0. The number of hydrogen-bond donors (Lipinski definition) is 2. The Kier molecular flexibility index (Phi) is 7.99. The molecule has 0 bridgehead atoms. The molecule has 1 fully saturated rings. The van der Waals surface area contributed by atoms with E-state index < -0.39 is 7.26 Å². The van der Waals surface area contributed by atoms with Crippen LogP contribution in [0.3, 0.4) is 0 Å². The third kappa shape index (κ3) is 5.57. The highest BCUT2D eigenvalue weighted by Crippen LogP contribution is 2.55. The van der Waals surface area contributed by atoms with Crippen molar-refractivity contribution in [2.75, 3.05) is 6.16 Å². The molecular formula is C31H40N2O2P+. The predicted octanol–water partition coefficient (Wildman–Crippen LogP) is 5.29. The van der Waals surface area contributed by atoms with Gasteiger partial charge in [-0.1, -0.05) is 54.6 Å². The Morgan fingerprint density at radius 2 is 1.19 bits per heavy atom. The summed E-state index contributed by atoms with van der Waals surface area (Å²) in [6.45, 7) is 8.13. The lowest BCUT2D eigenvalue weighted by molar-refractivity contribution is -0.246. The fraction of sp³-hybridized carbons (Fsp3) is 0.387. The van der Waals surface area contributed by atoms with E-state index in [4.69, 9.17) is 0 Å². The lowest BCUT2D eigenvalue weighted by Crippen LogP contribution is -2.62. The van der Waals surface area contributed by atoms with Gasteiger partial charge in [0.25, 0.3) is 0 Å². The molecule has 1 saturated heterocycles. The largest absolute Gasteiger partial charge is 0.353 e. The number of carbonyl (C=O) groups excluding carboxylic acids is 1. The van der Waals surface area contributed by atoms with Gasteiger partial charge < -0.3 is 10.5 Å². The number of nitrogens with one attached hydrogen (secondary N) is 1. The number of carbonyl (C=O) groups is 1. The quantitative estimate of drug-likeness (QED) is 0.411. The molecule has 0 unspecified atom stereocenters. The molecule has 3 aromatic rings. The molecule has 0 saturated carbocycles. The summed E-state index contributed by atoms with van der Waals surface area (Å²) in [5, 5.41) is 19.4. The van der Waals surface area contributed by atoms with Crippen LogP contribution in [0, 0.1) is 0 Å². The van der Waals surface area contributed by atoms with Crippen molar-refractivity contribution >= 4 is 29.1 Å². The fourth-order valence-corrected chi connectivity index (χ4v) is 10.4. The lowest BCUT2D eigenvalue weighted by Gasteiger charge is -2.51. The van der Waals surface area contributed by atoms with Crippen molar-refractivity contribution in [1.29, 1.82) is 0 Å². The zero-order valence-corrected chi connectivity index (χ0v) is 22.9. The van der Waals surface area contributed by atoms with Crippen molar-refractivity contribution in [2.45, 2.75) is 70.5 Å². The van der Waals surface area contributed by atoms with Crippen LogP contribution in [0.15, 0.2) is 91.0 Å². The van der Waals surface area contributed by atoms with Crippen LogP contribution in [0.2, 0.25) is 0 Å². The summed E-state index contributed by atoms with van der Waals surface area (Å²) in [5.41, 5.74) is -0.761. The van der Waals surface area contributed by atoms with Gasteiger partial charge in [-0.05, 0) is 83.4 Å². The van der Waals surface area contributed by atoms with Gasteiger partial charge in [0.15, 0.2) is 0 Å². The summed E-state index contributed by atoms with van der Waals surface area (Å²) in [6, 6.07) is 32.5. The molecular weight excluding hydrogens is 463 g/mol. The lowest BCUT2D eigenvalue weighted by atomic mass is 9.79. The van der Waals surface area contributed by atoms with Crippen LogP contribution < -0.4 is 21.2 Å². The Bertz CT molecular complexity index is 1020. The molecule has 4 nitrogen and oxygen atoms in total. The topological polar surface area (TPSA) is 52.6 Å². The highest BCUT2D eigenvalue weighted by Gasteiger charge is 2.46. The van der Waals surface area contributed by atoms with E-state index in [1.165, 1.54) is 21.0 Å². The van der Waals surface area contributed by atoms with Crippen LogP contribution >= 0.6 is 7.26 Å². The van der Waals surface area contributed by atoms with E-state index in [0.717, 1.165) is 25.4 Å². The van der Waals surface area contributed by atoms with Crippen molar-refractivity contribution in [3.63, 3.8) is 0 Å². The summed E-state index contributed by atoms with van der Waals surface area (Å²) >= 11 is 0. The molecule has 0 aromatic heterocycles. The average molecular weight is 504 g/mol. The average Bonchev–Trinajstić information content (AvgIpc) is 2.86. The van der Waals surface area contributed by atoms with Crippen LogP contribution in [0.1, 0.15) is 53.4 Å². The Morgan fingerprint density at radius 1 is 0.806 bits per heavy atom. The van der Waals surface area contributed by atoms with Crippen LogP contribution in [-0.4, -0.2) is 39.5 Å². The monoisotopic (exact) mass is 503 g/mol. The van der Waals surface area contributed by atoms with E-state index in [-0.39, 0.29) is 23.0 Å². The Morgan fingerprint density at radius 3 is 1.58 bits per heavy atom. The molecule has 0 radical (unpaired) electrons. The van der Waals surface area contributed by atoms with Gasteiger partial charge in [0.1, 0.15) is 23.2 Å². The fourth-order valence-electron chi connectivity index (χ4n) is 6.03. The third-order valence-electron chi connectivity index (χ3n) is 7.49. The molecule has 0 aliphatic carbocycles. The molecule has 190 valence electrons. The van der Waals surface area contributed by atoms with Crippen molar-refractivity contribution in [3.05, 3.63) is 91.0 Å². The second-order valence-electron chi connectivity index (χ2n) is 11.3. The Labute approximate surface area is 217 Å². The molecule has 1 aliphatic rings. The predicted molar refractivity (Wildman–Crippen MR) is 152 cm³/mol. The molecule has 1 heterocycles. The molecule has 5 heteroatoms. The van der Waals surface area contributed by atoms with E-state index in [0.29, 0.717) is 6.42 Å². The van der Waals surface area contributed by atoms with Gasteiger partial charge in [0.2, 0.25) is 5.91 Å². The van der Waals surface area contributed by atoms with Gasteiger partial charge in [-0.3, -0.25) is 4.79 Å². The first-order chi connectivity index (χ1) is 17.1. The molecule has 2 N–H and O–H groups in total. The first-order valence-corrected chi connectivity index (χ1v) is 15.0. The van der Waals surface area contributed by atoms with E-state index in [1.807, 2.05) is 27.7 Å². The van der Waals surface area contributed by atoms with Crippen LogP contribution in [-0.2, 0) is 4.79 Å². The highest BCUT2D eigenvalue weighted by atomic mass is 31.2. The Balaban J connectivity index is 1.55. The Hall–Kier alpha value is -2.52. The zero-order chi connectivity index (χ0) is 25.8. The summed E-state index contributed by atoms with van der Waals surface area (Å²) in [6.07, 6.45) is 3.70. The molecule has 0 spiro atoms. The maximum absolute atomic E-state index is 13.1. The molecule has 1 amide bonds. The summed E-state index contributed by atoms with van der Waals surface area (Å²) in [7, 11) is -1.92. The second kappa shape index (κ2) is 10.8. The smallest absolute Gasteiger partial charge is 0.220 e. The van der Waals surface area contributed by atoms with Crippen molar-refractivity contribution in [1.82, 2.24) is 10.4 Å². The minimum atomic E-state index is -1.92. The number of rotatable bonds is 8. The van der Waals surface area contributed by atoms with Crippen LogP contribution in [0.5, 0.6) is 0 Å². The van der Waals surface area contributed by atoms with Crippen LogP contribution in [0.25, 0.3) is 0 Å². The van der Waals surface area contributed by atoms with Gasteiger partial charge in [0, 0.05) is 23.5 Å². The highest BCUT2D eigenvalue weighted by molar-refractivity contribution is 7.95. The van der Waals surface area contributed by atoms with Crippen molar-refractivity contribution in [2.24, 2.45) is 0 Å². The second-order valence-corrected chi connectivity index (χ2v) is 14.9. The number of hydrogen-bond acceptors (Lipinski definition) is 3. The minimum absolute atomic E-state index is 0.0582. The number of benzene rings is 3. The first-order valence-electron chi connectivity index (χ1n) is 13.0. The molecule has 1 aliphatic heterocycles. The SMILES string of the molecule is CC1(C)CC(NC(=O)CCC[P+](c2ccccc2)(c2ccccc2)c2ccccc2)CC(C)(C)N1O. The maximum Gasteiger partial charge on any atom is 0.220 e. The summed E-state index contributed by atoms with van der Waals surface area (Å²) in [5.74, 6) is 0.102. The third-order valence-corrected chi connectivity index (χ3v) is 12.0. The zero-order valence-electron chi connectivity index (χ0n) is 22.0. The minimum Gasteiger partial charge on any atom is -0.353 e.